The van der Waals surface area contributed by atoms with Crippen LogP contribution in [0.3, 0.4) is 0 Å². The smallest absolute Gasteiger partial charge is 0.220 e. The highest BCUT2D eigenvalue weighted by Gasteiger charge is 2.15. The molecule has 0 unspecified atom stereocenters. The summed E-state index contributed by atoms with van der Waals surface area (Å²) in [5.74, 6) is 0.301. The Bertz CT molecular complexity index is 441. The van der Waals surface area contributed by atoms with Crippen LogP contribution in [0.1, 0.15) is 60.8 Å². The van der Waals surface area contributed by atoms with Crippen LogP contribution in [0.15, 0.2) is 0 Å². The van der Waals surface area contributed by atoms with Gasteiger partial charge in [-0.15, -0.1) is 0 Å². The minimum absolute atomic E-state index is 0.000418. The third-order valence-corrected chi connectivity index (χ3v) is 3.90. The Morgan fingerprint density at radius 1 is 0.724 bits per heavy atom. The molecule has 0 rings (SSSR count). The molecular weight excluding hydrogens is 372 g/mol. The first-order chi connectivity index (χ1) is 13.5. The molecule has 0 atom stereocenters. The van der Waals surface area contributed by atoms with E-state index in [0.29, 0.717) is 72.1 Å². The number of hydrogen-bond acceptors (Lipinski definition) is 6. The lowest BCUT2D eigenvalue weighted by atomic mass is 9.89. The van der Waals surface area contributed by atoms with Gasteiger partial charge in [-0.1, -0.05) is 41.5 Å². The summed E-state index contributed by atoms with van der Waals surface area (Å²) in [6.45, 7) is 17.2. The first-order valence-electron chi connectivity index (χ1n) is 10.7. The van der Waals surface area contributed by atoms with Crippen LogP contribution < -0.4 is 10.6 Å². The van der Waals surface area contributed by atoms with Crippen molar-refractivity contribution >= 4 is 11.7 Å². The lowest BCUT2D eigenvalue weighted by molar-refractivity contribution is -0.123. The zero-order chi connectivity index (χ0) is 22.2. The topological polar surface area (TPSA) is 85.9 Å². The minimum atomic E-state index is 0.000418. The van der Waals surface area contributed by atoms with E-state index in [2.05, 4.69) is 31.4 Å². The van der Waals surface area contributed by atoms with Gasteiger partial charge in [-0.05, 0) is 17.3 Å². The van der Waals surface area contributed by atoms with Crippen molar-refractivity contribution in [3.8, 4) is 0 Å². The summed E-state index contributed by atoms with van der Waals surface area (Å²) < 4.78 is 16.3. The summed E-state index contributed by atoms with van der Waals surface area (Å²) >= 11 is 0. The van der Waals surface area contributed by atoms with Crippen molar-refractivity contribution in [3.63, 3.8) is 0 Å². The molecule has 0 saturated carbocycles. The van der Waals surface area contributed by atoms with Crippen LogP contribution in [0, 0.1) is 10.8 Å². The fourth-order valence-corrected chi connectivity index (χ4v) is 2.32. The number of hydrogen-bond donors (Lipinski definition) is 2. The van der Waals surface area contributed by atoms with Crippen LogP contribution in [0.5, 0.6) is 0 Å². The fraction of sp³-hybridized carbons (Fsp3) is 0.909. The Hall–Kier alpha value is -1.02. The van der Waals surface area contributed by atoms with E-state index in [1.165, 1.54) is 0 Å². The number of carbonyl (C=O) groups is 2. The van der Waals surface area contributed by atoms with Crippen LogP contribution in [0.25, 0.3) is 0 Å². The Labute approximate surface area is 177 Å². The van der Waals surface area contributed by atoms with Gasteiger partial charge >= 0.3 is 0 Å². The Morgan fingerprint density at radius 2 is 1.24 bits per heavy atom. The monoisotopic (exact) mass is 416 g/mol. The van der Waals surface area contributed by atoms with Crippen LogP contribution in [0.4, 0.5) is 0 Å². The van der Waals surface area contributed by atoms with Crippen LogP contribution in [-0.4, -0.2) is 71.0 Å². The molecule has 0 aromatic heterocycles. The lowest BCUT2D eigenvalue weighted by Gasteiger charge is -2.17. The number of ether oxygens (including phenoxy) is 3. The average Bonchev–Trinajstić information content (AvgIpc) is 2.58. The highest BCUT2D eigenvalue weighted by Crippen LogP contribution is 2.20. The maximum Gasteiger partial charge on any atom is 0.220 e. The summed E-state index contributed by atoms with van der Waals surface area (Å²) in [5.41, 5.74) is 0.201. The quantitative estimate of drug-likeness (QED) is 0.355. The SMILES string of the molecule is CC(C)(C)CCC(=O)CNCCOCCOCCOCCNC(=O)CC(C)(C)C. The van der Waals surface area contributed by atoms with E-state index in [4.69, 9.17) is 14.2 Å². The highest BCUT2D eigenvalue weighted by molar-refractivity contribution is 5.80. The van der Waals surface area contributed by atoms with E-state index < -0.39 is 0 Å². The fourth-order valence-electron chi connectivity index (χ4n) is 2.32. The van der Waals surface area contributed by atoms with Crippen LogP contribution in [0.2, 0.25) is 0 Å². The maximum absolute atomic E-state index is 11.7. The van der Waals surface area contributed by atoms with Crippen molar-refractivity contribution in [3.05, 3.63) is 0 Å². The molecule has 0 aromatic carbocycles. The molecule has 1 amide bonds. The predicted octanol–water partition coefficient (Wildman–Crippen LogP) is 2.57. The number of rotatable bonds is 17. The molecule has 0 heterocycles. The summed E-state index contributed by atoms with van der Waals surface area (Å²) in [5, 5.41) is 5.95. The first kappa shape index (κ1) is 28.0. The Kier molecular flexibility index (Phi) is 15.2. The third kappa shape index (κ3) is 23.1. The molecule has 7 heteroatoms. The molecule has 172 valence electrons. The molecular formula is C22H44N2O5. The Morgan fingerprint density at radius 3 is 1.76 bits per heavy atom. The van der Waals surface area contributed by atoms with Crippen molar-refractivity contribution in [2.24, 2.45) is 10.8 Å². The van der Waals surface area contributed by atoms with Gasteiger partial charge in [-0.25, -0.2) is 0 Å². The van der Waals surface area contributed by atoms with E-state index in [-0.39, 0.29) is 22.5 Å². The second-order valence-corrected chi connectivity index (χ2v) is 9.70. The maximum atomic E-state index is 11.7. The number of ketones is 1. The molecule has 0 saturated heterocycles. The zero-order valence-corrected chi connectivity index (χ0v) is 19.5. The molecule has 0 aliphatic carbocycles. The van der Waals surface area contributed by atoms with Crippen LogP contribution >= 0.6 is 0 Å². The van der Waals surface area contributed by atoms with Crippen molar-refractivity contribution in [2.75, 3.05) is 59.3 Å². The van der Waals surface area contributed by atoms with E-state index in [0.717, 1.165) is 6.42 Å². The summed E-state index contributed by atoms with van der Waals surface area (Å²) in [6.07, 6.45) is 2.05. The van der Waals surface area contributed by atoms with Gasteiger partial charge in [0, 0.05) is 25.9 Å². The minimum Gasteiger partial charge on any atom is -0.378 e. The number of nitrogens with one attached hydrogen (secondary N) is 2. The van der Waals surface area contributed by atoms with Gasteiger partial charge in [-0.2, -0.15) is 0 Å². The van der Waals surface area contributed by atoms with E-state index >= 15 is 0 Å². The first-order valence-corrected chi connectivity index (χ1v) is 10.7. The summed E-state index contributed by atoms with van der Waals surface area (Å²) in [6, 6.07) is 0. The molecule has 7 nitrogen and oxygen atoms in total. The highest BCUT2D eigenvalue weighted by atomic mass is 16.5. The van der Waals surface area contributed by atoms with E-state index in [1.54, 1.807) is 0 Å². The second kappa shape index (κ2) is 15.8. The van der Waals surface area contributed by atoms with E-state index in [1.807, 2.05) is 20.8 Å². The summed E-state index contributed by atoms with van der Waals surface area (Å²) in [7, 11) is 0. The van der Waals surface area contributed by atoms with Gasteiger partial charge in [-0.3, -0.25) is 9.59 Å². The number of Topliss-reactive ketones (excluding diaryl/α,β-unsaturated/α-hetero) is 1. The molecule has 0 spiro atoms. The predicted molar refractivity (Wildman–Crippen MR) is 116 cm³/mol. The molecule has 2 N–H and O–H groups in total. The van der Waals surface area contributed by atoms with Crippen molar-refractivity contribution in [1.82, 2.24) is 10.6 Å². The van der Waals surface area contributed by atoms with Crippen molar-refractivity contribution < 1.29 is 23.8 Å². The lowest BCUT2D eigenvalue weighted by Crippen LogP contribution is -2.30. The number of amides is 1. The van der Waals surface area contributed by atoms with Gasteiger partial charge in [0.2, 0.25) is 5.91 Å². The van der Waals surface area contributed by atoms with Crippen molar-refractivity contribution in [2.45, 2.75) is 60.8 Å². The molecule has 0 aromatic rings. The molecule has 0 bridgehead atoms. The molecule has 0 aliphatic rings. The zero-order valence-electron chi connectivity index (χ0n) is 19.5. The standard InChI is InChI=1S/C22H44N2O5/c1-21(2,3)8-7-19(25)18-23-9-11-27-13-15-29-16-14-28-12-10-24-20(26)17-22(4,5)6/h23H,7-18H2,1-6H3,(H,24,26). The third-order valence-electron chi connectivity index (χ3n) is 3.90. The average molecular weight is 417 g/mol. The van der Waals surface area contributed by atoms with Gasteiger partial charge < -0.3 is 24.8 Å². The van der Waals surface area contributed by atoms with Crippen molar-refractivity contribution in [1.29, 1.82) is 0 Å². The Balaban J connectivity index is 3.28. The molecule has 29 heavy (non-hydrogen) atoms. The molecule has 0 radical (unpaired) electrons. The van der Waals surface area contributed by atoms with Crippen LogP contribution in [-0.2, 0) is 23.8 Å². The van der Waals surface area contributed by atoms with Gasteiger partial charge in [0.15, 0.2) is 0 Å². The summed E-state index contributed by atoms with van der Waals surface area (Å²) in [4.78, 5) is 23.4. The largest absolute Gasteiger partial charge is 0.378 e. The van der Waals surface area contributed by atoms with Gasteiger partial charge in [0.05, 0.1) is 46.2 Å². The van der Waals surface area contributed by atoms with E-state index in [9.17, 15) is 9.59 Å². The molecule has 0 aliphatic heterocycles. The normalized spacial score (nSPS) is 12.2. The molecule has 0 fully saturated rings. The number of carbonyl (C=O) groups excluding carboxylic acids is 2. The van der Waals surface area contributed by atoms with Gasteiger partial charge in [0.1, 0.15) is 5.78 Å². The van der Waals surface area contributed by atoms with Gasteiger partial charge in [0.25, 0.3) is 0 Å². The second-order valence-electron chi connectivity index (χ2n) is 9.70.